The van der Waals surface area contributed by atoms with Crippen LogP contribution in [0.15, 0.2) is 71.8 Å². The number of aliphatic carboxylic acids is 4. The molecule has 6 rings (SSSR count). The highest BCUT2D eigenvalue weighted by Gasteiger charge is 2.35. The summed E-state index contributed by atoms with van der Waals surface area (Å²) >= 11 is 1.25. The standard InChI is InChI=1S/C89H134N22O27S/c1-60(112)48-65(113)23-20-61-18-21-63(22-19-61)98-73(115)17-7-10-47-139-71-51-78(120)111(88(71)134)30-24-74(116)99-66(14-5-9-27-93-77(119)56-110-54-64(104-105-110)52-96-76(118)55-106-31-33-107(57-80(123)124)35-37-109(59-82(127)128)38-36-108(34-32-106)58-81(125)126)83(129)94-29-40-136-42-44-138-46-45-137-43-41-135-39-25-72(114)92-26-8-6-15-68-85(131)101-67(16-11-28-95-89(90)91)84(130)97-53-75(117)100-70(50-79(121)122)87(133)103-69(86(132)102-68)49-62-12-3-2-4-13-62/h2-4,12-13,18-19,21-22,51,54,66-70,120,134H,5-11,14-17,20,23-50,52-53,55-59H2,1H3,(H,92,114)(H,93,119)(H,94,129)(H,96,118)(H,97,130)(H,98,115)(H,99,116)(H,100,117)(H,101,131)(H,102,132)(H,103,133)(H,121,122)(H,123,124)(H,125,126)(H,127,128)(H4,90,91,95)/t66?,67-,68-,69+,70-/m0/s1. The van der Waals surface area contributed by atoms with Crippen molar-refractivity contribution in [2.75, 3.05) is 175 Å². The Bertz CT molecular complexity index is 4610. The number of ether oxygens (including phenoxy) is 4. The van der Waals surface area contributed by atoms with Gasteiger partial charge in [0.1, 0.15) is 54.0 Å². The summed E-state index contributed by atoms with van der Waals surface area (Å²) < 4.78 is 24.9. The first-order chi connectivity index (χ1) is 66.6. The molecule has 2 fully saturated rings. The Morgan fingerprint density at radius 3 is 1.68 bits per heavy atom. The number of anilines is 1. The minimum atomic E-state index is -1.66. The third kappa shape index (κ3) is 49.8. The van der Waals surface area contributed by atoms with Gasteiger partial charge in [-0.2, -0.15) is 0 Å². The summed E-state index contributed by atoms with van der Waals surface area (Å²) in [5.74, 6) is -12.3. The van der Waals surface area contributed by atoms with Crippen molar-refractivity contribution in [2.24, 2.45) is 5.73 Å². The number of guanidine groups is 1. The zero-order valence-corrected chi connectivity index (χ0v) is 79.1. The maximum atomic E-state index is 14.1. The van der Waals surface area contributed by atoms with Crippen molar-refractivity contribution in [3.05, 3.63) is 83.7 Å². The second kappa shape index (κ2) is 65.1. The normalized spacial score (nSPS) is 16.6. The fourth-order valence-corrected chi connectivity index (χ4v) is 15.4. The van der Waals surface area contributed by atoms with Gasteiger partial charge >= 0.3 is 23.9 Å². The van der Waals surface area contributed by atoms with Gasteiger partial charge in [-0.15, -0.1) is 16.9 Å². The number of nitrogens with zero attached hydrogens (tertiary/aromatic N) is 8. The van der Waals surface area contributed by atoms with Gasteiger partial charge in [0, 0.05) is 129 Å². The van der Waals surface area contributed by atoms with Crippen molar-refractivity contribution in [3.63, 3.8) is 0 Å². The van der Waals surface area contributed by atoms with E-state index in [9.17, 15) is 112 Å². The van der Waals surface area contributed by atoms with E-state index in [1.165, 1.54) is 35.6 Å². The van der Waals surface area contributed by atoms with E-state index < -0.39 is 120 Å². The van der Waals surface area contributed by atoms with Crippen LogP contribution in [0.5, 0.6) is 11.8 Å². The molecule has 768 valence electrons. The van der Waals surface area contributed by atoms with Crippen molar-refractivity contribution in [2.45, 2.75) is 177 Å². The molecule has 0 spiro atoms. The van der Waals surface area contributed by atoms with Crippen LogP contribution in [0, 0.1) is 5.41 Å². The molecule has 1 unspecified atom stereocenters. The van der Waals surface area contributed by atoms with Crippen LogP contribution in [0.3, 0.4) is 0 Å². The van der Waals surface area contributed by atoms with E-state index in [2.05, 4.69) is 74.1 Å². The van der Waals surface area contributed by atoms with Crippen LogP contribution in [0.1, 0.15) is 126 Å². The smallest absolute Gasteiger partial charge is 0.317 e. The van der Waals surface area contributed by atoms with Crippen LogP contribution in [-0.2, 0) is 133 Å². The Kier molecular flexibility index (Phi) is 53.8. The Labute approximate surface area is 807 Å². The number of unbranched alkanes of at least 4 members (excludes halogenated alkanes) is 3. The van der Waals surface area contributed by atoms with Gasteiger partial charge in [-0.1, -0.05) is 47.7 Å². The number of ketones is 2. The van der Waals surface area contributed by atoms with Crippen LogP contribution in [0.25, 0.3) is 0 Å². The van der Waals surface area contributed by atoms with E-state index in [0.29, 0.717) is 66.1 Å². The van der Waals surface area contributed by atoms with E-state index >= 15 is 0 Å². The van der Waals surface area contributed by atoms with Gasteiger partial charge in [-0.05, 0) is 107 Å². The minimum absolute atomic E-state index is 0.000429. The van der Waals surface area contributed by atoms with Crippen molar-refractivity contribution in [3.8, 4) is 11.8 Å². The van der Waals surface area contributed by atoms with Gasteiger partial charge < -0.3 is 119 Å². The van der Waals surface area contributed by atoms with Crippen molar-refractivity contribution in [1.29, 1.82) is 5.41 Å². The number of carboxylic acid groups (broad SMARTS) is 4. The SMILES string of the molecule is CC(=O)CC(=O)CCc1ccc(NC(=O)CCCCSc2cc(O)n(CCC(=O)NC(CCCCNC(=O)Cn3cc(CNC(=O)CN4CCN(CC(=O)O)CCN(CC(=O)O)CCN(CC(=O)O)CC4)nn3)C(=O)NCCOCCOCCOCCOCCC(=O)NCCCC[C@@H]3NC(=O)[C@@H](Cc4ccccc4)NC(=O)[C@H](CC(=O)O)NC(=O)CNC(=O)[C@H](CCCNC(=N)N)NC3=O)c2O)cc1. The maximum absolute atomic E-state index is 14.1. The molecular formula is C89H134N22O27S. The highest BCUT2D eigenvalue weighted by atomic mass is 32.2. The molecule has 21 N–H and O–H groups in total. The molecule has 2 aliphatic heterocycles. The summed E-state index contributed by atoms with van der Waals surface area (Å²) in [5, 5.41) is 108. The lowest BCUT2D eigenvalue weighted by Crippen LogP contribution is -2.58. The van der Waals surface area contributed by atoms with Crippen molar-refractivity contribution < 1.29 is 131 Å². The van der Waals surface area contributed by atoms with E-state index in [1.807, 2.05) is 0 Å². The summed E-state index contributed by atoms with van der Waals surface area (Å²) in [7, 11) is 0. The zero-order valence-electron chi connectivity index (χ0n) is 78.3. The number of carboxylic acids is 4. The lowest BCUT2D eigenvalue weighted by Gasteiger charge is -2.32. The number of hydrogen-bond acceptors (Lipinski definition) is 31. The number of amides is 11. The van der Waals surface area contributed by atoms with Crippen molar-refractivity contribution >= 4 is 124 Å². The molecule has 11 amide bonds. The predicted molar refractivity (Wildman–Crippen MR) is 500 cm³/mol. The van der Waals surface area contributed by atoms with E-state index in [4.69, 9.17) is 30.1 Å². The number of nitrogens with one attached hydrogen (secondary N) is 13. The number of carbonyl (C=O) groups is 17. The maximum Gasteiger partial charge on any atom is 0.317 e. The first-order valence-corrected chi connectivity index (χ1v) is 47.2. The van der Waals surface area contributed by atoms with Gasteiger partial charge in [0.2, 0.25) is 70.9 Å². The fourth-order valence-electron chi connectivity index (χ4n) is 14.4. The molecular weight excluding hydrogens is 1840 g/mol. The number of rotatable bonds is 62. The molecule has 2 aromatic heterocycles. The molecule has 0 saturated carbocycles. The monoisotopic (exact) mass is 1970 g/mol. The van der Waals surface area contributed by atoms with Crippen molar-refractivity contribution in [1.82, 2.24) is 97.6 Å². The largest absolute Gasteiger partial charge is 0.494 e. The first-order valence-electron chi connectivity index (χ1n) is 46.2. The summed E-state index contributed by atoms with van der Waals surface area (Å²) in [6.45, 7) is 2.42. The van der Waals surface area contributed by atoms with E-state index in [-0.39, 0.29) is 289 Å². The molecule has 50 heteroatoms. The molecule has 2 saturated heterocycles. The minimum Gasteiger partial charge on any atom is -0.494 e. The van der Waals surface area contributed by atoms with E-state index in [0.717, 1.165) is 10.1 Å². The van der Waals surface area contributed by atoms with Crippen LogP contribution in [0.4, 0.5) is 5.69 Å². The second-order valence-electron chi connectivity index (χ2n) is 33.1. The number of thioether (sulfide) groups is 1. The second-order valence-corrected chi connectivity index (χ2v) is 34.3. The van der Waals surface area contributed by atoms with Gasteiger partial charge in [-0.25, -0.2) is 4.68 Å². The molecule has 2 aliphatic rings. The average Bonchev–Trinajstić information content (AvgIpc) is 1.70. The molecule has 2 aromatic carbocycles. The number of aromatic hydroxyl groups is 2. The molecule has 0 aliphatic carbocycles. The number of nitrogens with two attached hydrogens (primary N) is 1. The summed E-state index contributed by atoms with van der Waals surface area (Å²) in [6, 6.07) is 10.3. The molecule has 49 nitrogen and oxygen atoms in total. The number of aromatic nitrogens is 4. The van der Waals surface area contributed by atoms with Gasteiger partial charge in [0.25, 0.3) is 0 Å². The lowest BCUT2D eigenvalue weighted by molar-refractivity contribution is -0.141. The van der Waals surface area contributed by atoms with Crippen LogP contribution in [-0.4, -0.2) is 376 Å². The zero-order chi connectivity index (χ0) is 101. The highest BCUT2D eigenvalue weighted by Crippen LogP contribution is 2.36. The summed E-state index contributed by atoms with van der Waals surface area (Å²) in [5.41, 5.74) is 7.80. The third-order valence-corrected chi connectivity index (χ3v) is 22.7. The molecule has 4 heterocycles. The molecule has 139 heavy (non-hydrogen) atoms. The number of Topliss-reactive ketones (excluding diaryl/α,β-unsaturated/α-hetero) is 2. The summed E-state index contributed by atoms with van der Waals surface area (Å²) in [6.07, 6.45) is 3.74. The Balaban J connectivity index is 0.911. The molecule has 4 aromatic rings. The quantitative estimate of drug-likeness (QED) is 0.00678. The number of aryl methyl sites for hydroxylation is 1. The van der Waals surface area contributed by atoms with Gasteiger partial charge in [0.15, 0.2) is 11.8 Å². The van der Waals surface area contributed by atoms with Gasteiger partial charge in [0.05, 0.1) is 116 Å². The van der Waals surface area contributed by atoms with Gasteiger partial charge in [-0.3, -0.25) is 111 Å². The first kappa shape index (κ1) is 115. The third-order valence-electron chi connectivity index (χ3n) is 21.6. The fraction of sp³-hybridized carbons (Fsp3) is 0.596. The Hall–Kier alpha value is -12.9. The molecule has 0 radical (unpaired) electrons. The average molecular weight is 1980 g/mol. The number of hydrogen-bond donors (Lipinski definition) is 20. The topological polar surface area (TPSA) is 691 Å². The van der Waals surface area contributed by atoms with Crippen LogP contribution >= 0.6 is 11.8 Å². The predicted octanol–water partition coefficient (Wildman–Crippen LogP) is -3.27. The summed E-state index contributed by atoms with van der Waals surface area (Å²) in [4.78, 5) is 225. The highest BCUT2D eigenvalue weighted by molar-refractivity contribution is 7.99. The van der Waals surface area contributed by atoms with E-state index in [1.54, 1.807) is 74.2 Å². The Morgan fingerprint density at radius 2 is 1.07 bits per heavy atom. The Morgan fingerprint density at radius 1 is 0.525 bits per heavy atom. The van der Waals surface area contributed by atoms with Crippen LogP contribution < -0.4 is 69.5 Å². The molecule has 0 bridgehead atoms. The number of benzene rings is 2. The van der Waals surface area contributed by atoms with Crippen LogP contribution in [0.2, 0.25) is 0 Å². The number of carbonyl (C=O) groups excluding carboxylic acids is 13. The lowest BCUT2D eigenvalue weighted by atomic mass is 10.0. The molecule has 5 atom stereocenters.